The van der Waals surface area contributed by atoms with Gasteiger partial charge in [0.25, 0.3) is 5.91 Å². The van der Waals surface area contributed by atoms with Gasteiger partial charge in [-0.2, -0.15) is 0 Å². The number of ketones is 1. The van der Waals surface area contributed by atoms with Crippen molar-refractivity contribution in [2.75, 3.05) is 17.3 Å². The van der Waals surface area contributed by atoms with Gasteiger partial charge >= 0.3 is 12.0 Å². The van der Waals surface area contributed by atoms with Crippen molar-refractivity contribution in [1.82, 2.24) is 9.99 Å². The monoisotopic (exact) mass is 476 g/mol. The number of carbonyl (C=O) groups excluding carboxylic acids is 4. The van der Waals surface area contributed by atoms with Gasteiger partial charge in [-0.1, -0.05) is 30.3 Å². The van der Waals surface area contributed by atoms with Crippen LogP contribution in [0, 0.1) is 13.8 Å². The molecule has 0 unspecified atom stereocenters. The normalized spacial score (nSPS) is 10.5. The Morgan fingerprint density at radius 3 is 2.26 bits per heavy atom. The highest BCUT2D eigenvalue weighted by atomic mass is 16.5. The van der Waals surface area contributed by atoms with E-state index in [4.69, 9.17) is 4.74 Å². The summed E-state index contributed by atoms with van der Waals surface area (Å²) in [5, 5.41) is 5.29. The summed E-state index contributed by atoms with van der Waals surface area (Å²) in [4.78, 5) is 50.0. The van der Waals surface area contributed by atoms with Crippen LogP contribution in [0.25, 0.3) is 0 Å². The molecule has 182 valence electrons. The standard InChI is InChI=1S/C26H28N4O5/c1-16(2)27-26(34)28-22-13-9-8-12-20(22)25(33)35-15-23(31)21-14-17(3)30(18(21)4)29-24(32)19-10-6-5-7-11-19/h5-14,16H,15H2,1-4H3,(H,29,32)(H2,27,28,34). The molecular formula is C26H28N4O5. The number of benzene rings is 2. The van der Waals surface area contributed by atoms with E-state index in [0.717, 1.165) is 0 Å². The number of aryl methyl sites for hydroxylation is 1. The number of nitrogens with one attached hydrogen (secondary N) is 3. The Kier molecular flexibility index (Phi) is 8.04. The Morgan fingerprint density at radius 1 is 0.914 bits per heavy atom. The van der Waals surface area contributed by atoms with Gasteiger partial charge in [0, 0.05) is 28.6 Å². The number of ether oxygens (including phenoxy) is 1. The third-order valence-corrected chi connectivity index (χ3v) is 5.13. The summed E-state index contributed by atoms with van der Waals surface area (Å²) in [5.41, 5.74) is 5.13. The number of esters is 1. The van der Waals surface area contributed by atoms with Crippen LogP contribution in [0.4, 0.5) is 10.5 Å². The Morgan fingerprint density at radius 2 is 1.57 bits per heavy atom. The smallest absolute Gasteiger partial charge is 0.340 e. The quantitative estimate of drug-likeness (QED) is 0.335. The lowest BCUT2D eigenvalue weighted by molar-refractivity contribution is 0.0475. The fourth-order valence-electron chi connectivity index (χ4n) is 3.45. The van der Waals surface area contributed by atoms with Crippen LogP contribution in [0.2, 0.25) is 0 Å². The number of hydrogen-bond donors (Lipinski definition) is 3. The Balaban J connectivity index is 1.67. The molecule has 0 spiro atoms. The molecule has 2 aromatic carbocycles. The summed E-state index contributed by atoms with van der Waals surface area (Å²) < 4.78 is 6.77. The minimum atomic E-state index is -0.745. The third kappa shape index (κ3) is 6.35. The SMILES string of the molecule is Cc1cc(C(=O)COC(=O)c2ccccc2NC(=O)NC(C)C)c(C)n1NC(=O)c1ccccc1. The second-order valence-corrected chi connectivity index (χ2v) is 8.23. The van der Waals surface area contributed by atoms with Gasteiger partial charge in [-0.3, -0.25) is 19.7 Å². The van der Waals surface area contributed by atoms with E-state index in [9.17, 15) is 19.2 Å². The molecule has 1 heterocycles. The predicted octanol–water partition coefficient (Wildman–Crippen LogP) is 4.06. The van der Waals surface area contributed by atoms with Crippen LogP contribution in [0.5, 0.6) is 0 Å². The summed E-state index contributed by atoms with van der Waals surface area (Å²) in [6, 6.07) is 16.2. The molecule has 0 fully saturated rings. The van der Waals surface area contributed by atoms with Gasteiger partial charge in [0.1, 0.15) is 0 Å². The number of urea groups is 1. The molecule has 9 nitrogen and oxygen atoms in total. The molecule has 0 bridgehead atoms. The first-order valence-electron chi connectivity index (χ1n) is 11.1. The van der Waals surface area contributed by atoms with Gasteiger partial charge < -0.3 is 15.4 Å². The van der Waals surface area contributed by atoms with Crippen molar-refractivity contribution >= 4 is 29.4 Å². The summed E-state index contributed by atoms with van der Waals surface area (Å²) >= 11 is 0. The number of carbonyl (C=O) groups is 4. The zero-order chi connectivity index (χ0) is 25.5. The van der Waals surface area contributed by atoms with Crippen molar-refractivity contribution in [2.45, 2.75) is 33.7 Å². The lowest BCUT2D eigenvalue weighted by Gasteiger charge is -2.13. The zero-order valence-electron chi connectivity index (χ0n) is 20.0. The first-order chi connectivity index (χ1) is 16.7. The number of amides is 3. The van der Waals surface area contributed by atoms with Crippen molar-refractivity contribution in [3.05, 3.63) is 88.7 Å². The van der Waals surface area contributed by atoms with Crippen LogP contribution in [0.15, 0.2) is 60.7 Å². The molecule has 3 rings (SSSR count). The third-order valence-electron chi connectivity index (χ3n) is 5.13. The molecule has 0 atom stereocenters. The maximum Gasteiger partial charge on any atom is 0.340 e. The van der Waals surface area contributed by atoms with Crippen molar-refractivity contribution in [3.8, 4) is 0 Å². The Bertz CT molecular complexity index is 1250. The number of para-hydroxylation sites is 1. The molecule has 0 aliphatic heterocycles. The number of nitrogens with zero attached hydrogens (tertiary/aromatic N) is 1. The molecule has 0 radical (unpaired) electrons. The molecule has 9 heteroatoms. The van der Waals surface area contributed by atoms with E-state index in [1.165, 1.54) is 10.7 Å². The van der Waals surface area contributed by atoms with Crippen molar-refractivity contribution < 1.29 is 23.9 Å². The number of hydrogen-bond acceptors (Lipinski definition) is 5. The van der Waals surface area contributed by atoms with Gasteiger partial charge in [-0.05, 0) is 58.0 Å². The van der Waals surface area contributed by atoms with Gasteiger partial charge in [-0.15, -0.1) is 0 Å². The zero-order valence-corrected chi connectivity index (χ0v) is 20.0. The number of Topliss-reactive ketones (excluding diaryl/α,β-unsaturated/α-hetero) is 1. The van der Waals surface area contributed by atoms with Crippen LogP contribution in [0.1, 0.15) is 56.3 Å². The fourth-order valence-corrected chi connectivity index (χ4v) is 3.45. The average molecular weight is 477 g/mol. The van der Waals surface area contributed by atoms with E-state index in [1.807, 2.05) is 19.9 Å². The van der Waals surface area contributed by atoms with Crippen molar-refractivity contribution in [1.29, 1.82) is 0 Å². The average Bonchev–Trinajstić information content (AvgIpc) is 3.11. The number of anilines is 1. The molecule has 0 aliphatic carbocycles. The van der Waals surface area contributed by atoms with Gasteiger partial charge in [0.05, 0.1) is 11.3 Å². The lowest BCUT2D eigenvalue weighted by atomic mass is 10.1. The minimum Gasteiger partial charge on any atom is -0.454 e. The summed E-state index contributed by atoms with van der Waals surface area (Å²) in [6.07, 6.45) is 0. The van der Waals surface area contributed by atoms with E-state index in [2.05, 4.69) is 16.1 Å². The molecule has 0 saturated heterocycles. The Hall–Kier alpha value is -4.40. The van der Waals surface area contributed by atoms with Gasteiger partial charge in [0.15, 0.2) is 6.61 Å². The number of aromatic nitrogens is 1. The highest BCUT2D eigenvalue weighted by molar-refractivity contribution is 6.04. The molecule has 1 aromatic heterocycles. The fraction of sp³-hybridized carbons (Fsp3) is 0.231. The van der Waals surface area contributed by atoms with Crippen LogP contribution in [-0.2, 0) is 4.74 Å². The molecule has 0 aliphatic rings. The van der Waals surface area contributed by atoms with Crippen LogP contribution < -0.4 is 16.1 Å². The molecule has 35 heavy (non-hydrogen) atoms. The first-order valence-corrected chi connectivity index (χ1v) is 11.1. The van der Waals surface area contributed by atoms with Crippen molar-refractivity contribution in [3.63, 3.8) is 0 Å². The molecule has 3 N–H and O–H groups in total. The van der Waals surface area contributed by atoms with Crippen molar-refractivity contribution in [2.24, 2.45) is 0 Å². The van der Waals surface area contributed by atoms with E-state index in [1.54, 1.807) is 62.4 Å². The van der Waals surface area contributed by atoms with Crippen LogP contribution in [-0.4, -0.2) is 41.0 Å². The Labute approximate surface area is 203 Å². The lowest BCUT2D eigenvalue weighted by Crippen LogP contribution is -2.34. The summed E-state index contributed by atoms with van der Waals surface area (Å²) in [5.74, 6) is -1.48. The van der Waals surface area contributed by atoms with E-state index in [-0.39, 0.29) is 23.2 Å². The van der Waals surface area contributed by atoms with E-state index in [0.29, 0.717) is 22.5 Å². The van der Waals surface area contributed by atoms with Crippen LogP contribution >= 0.6 is 0 Å². The maximum absolute atomic E-state index is 12.8. The summed E-state index contributed by atoms with van der Waals surface area (Å²) in [7, 11) is 0. The maximum atomic E-state index is 12.8. The van der Waals surface area contributed by atoms with E-state index < -0.39 is 24.4 Å². The second-order valence-electron chi connectivity index (χ2n) is 8.23. The second kappa shape index (κ2) is 11.1. The summed E-state index contributed by atoms with van der Waals surface area (Å²) in [6.45, 7) is 6.58. The van der Waals surface area contributed by atoms with Gasteiger partial charge in [0.2, 0.25) is 5.78 Å². The topological polar surface area (TPSA) is 119 Å². The highest BCUT2D eigenvalue weighted by Crippen LogP contribution is 2.18. The van der Waals surface area contributed by atoms with Crippen LogP contribution in [0.3, 0.4) is 0 Å². The molecule has 0 saturated carbocycles. The molecule has 3 amide bonds. The predicted molar refractivity (Wildman–Crippen MR) is 132 cm³/mol. The number of rotatable bonds is 8. The first kappa shape index (κ1) is 25.2. The highest BCUT2D eigenvalue weighted by Gasteiger charge is 2.21. The largest absolute Gasteiger partial charge is 0.454 e. The van der Waals surface area contributed by atoms with E-state index >= 15 is 0 Å². The minimum absolute atomic E-state index is 0.0804. The van der Waals surface area contributed by atoms with Gasteiger partial charge in [-0.25, -0.2) is 9.59 Å². The molecule has 3 aromatic rings. The molecular weight excluding hydrogens is 448 g/mol.